The third-order valence-corrected chi connectivity index (χ3v) is 1.80. The van der Waals surface area contributed by atoms with Crippen molar-refractivity contribution < 1.29 is 9.53 Å². The number of methoxy groups -OCH3 is 1. The van der Waals surface area contributed by atoms with Gasteiger partial charge in [0.1, 0.15) is 0 Å². The fourth-order valence-electron chi connectivity index (χ4n) is 0.707. The van der Waals surface area contributed by atoms with Gasteiger partial charge in [0.05, 0.1) is 12.5 Å². The van der Waals surface area contributed by atoms with E-state index in [0.29, 0.717) is 0 Å². The summed E-state index contributed by atoms with van der Waals surface area (Å²) < 4.78 is 4.38. The first-order chi connectivity index (χ1) is 6.60. The van der Waals surface area contributed by atoms with Gasteiger partial charge in [-0.2, -0.15) is 4.98 Å². The normalized spacial score (nSPS) is 9.29. The molecule has 0 aliphatic heterocycles. The van der Waals surface area contributed by atoms with E-state index < -0.39 is 5.97 Å². The first kappa shape index (κ1) is 10.6. The molecular formula is C6H3Cl2N4O2+. The second-order valence-electron chi connectivity index (χ2n) is 2.07. The Morgan fingerprint density at radius 2 is 2.14 bits per heavy atom. The number of ether oxygens (including phenoxy) is 1. The molecule has 0 spiro atoms. The minimum Gasteiger partial charge on any atom is -0.464 e. The SMILES string of the molecule is COC(=O)c1nc(Cl)nc([N+]#N)c1Cl. The molecule has 0 fully saturated rings. The van der Waals surface area contributed by atoms with Crippen LogP contribution in [0.3, 0.4) is 0 Å². The summed E-state index contributed by atoms with van der Waals surface area (Å²) in [7, 11) is 1.16. The fourth-order valence-corrected chi connectivity index (χ4v) is 1.07. The molecule has 72 valence electrons. The van der Waals surface area contributed by atoms with Gasteiger partial charge in [0.2, 0.25) is 0 Å². The first-order valence-corrected chi connectivity index (χ1v) is 4.02. The van der Waals surface area contributed by atoms with E-state index in [2.05, 4.69) is 19.7 Å². The summed E-state index contributed by atoms with van der Waals surface area (Å²) in [5.74, 6) is -1.07. The van der Waals surface area contributed by atoms with E-state index in [1.807, 2.05) is 0 Å². The molecule has 6 nitrogen and oxygen atoms in total. The van der Waals surface area contributed by atoms with E-state index in [1.165, 1.54) is 0 Å². The molecule has 1 aromatic heterocycles. The van der Waals surface area contributed by atoms with Crippen molar-refractivity contribution in [2.45, 2.75) is 0 Å². The van der Waals surface area contributed by atoms with Crippen LogP contribution in [0, 0.1) is 5.39 Å². The summed E-state index contributed by atoms with van der Waals surface area (Å²) in [6, 6.07) is 0. The van der Waals surface area contributed by atoms with Gasteiger partial charge in [-0.15, -0.1) is 0 Å². The Balaban J connectivity index is 3.38. The Morgan fingerprint density at radius 3 is 2.64 bits per heavy atom. The van der Waals surface area contributed by atoms with E-state index in [9.17, 15) is 4.79 Å². The molecule has 0 radical (unpaired) electrons. The molecule has 0 bridgehead atoms. The van der Waals surface area contributed by atoms with Gasteiger partial charge in [-0.05, 0) is 11.6 Å². The molecule has 0 atom stereocenters. The van der Waals surface area contributed by atoms with Crippen molar-refractivity contribution in [2.24, 2.45) is 0 Å². The molecule has 0 aliphatic rings. The molecule has 1 aromatic rings. The van der Waals surface area contributed by atoms with Crippen LogP contribution >= 0.6 is 23.2 Å². The number of nitrogens with zero attached hydrogens (tertiary/aromatic N) is 4. The zero-order chi connectivity index (χ0) is 10.7. The summed E-state index contributed by atoms with van der Waals surface area (Å²) in [5, 5.41) is 7.98. The second kappa shape index (κ2) is 4.17. The first-order valence-electron chi connectivity index (χ1n) is 3.26. The van der Waals surface area contributed by atoms with E-state index in [-0.39, 0.29) is 21.8 Å². The topological polar surface area (TPSA) is 80.2 Å². The summed E-state index contributed by atoms with van der Waals surface area (Å²) in [4.78, 5) is 20.8. The molecule has 0 unspecified atom stereocenters. The fraction of sp³-hybridized carbons (Fsp3) is 0.167. The number of esters is 1. The van der Waals surface area contributed by atoms with Crippen LogP contribution < -0.4 is 0 Å². The van der Waals surface area contributed by atoms with Gasteiger partial charge < -0.3 is 4.74 Å². The Labute approximate surface area is 88.4 Å². The highest BCUT2D eigenvalue weighted by Crippen LogP contribution is 2.27. The Kier molecular flexibility index (Phi) is 3.17. The van der Waals surface area contributed by atoms with Gasteiger partial charge in [-0.25, -0.2) is 4.79 Å². The maximum Gasteiger partial charge on any atom is 0.488 e. The lowest BCUT2D eigenvalue weighted by atomic mass is 10.4. The van der Waals surface area contributed by atoms with Crippen molar-refractivity contribution in [3.05, 3.63) is 21.0 Å². The molecule has 0 N–H and O–H groups in total. The van der Waals surface area contributed by atoms with Gasteiger partial charge in [-0.1, -0.05) is 11.6 Å². The van der Waals surface area contributed by atoms with E-state index in [0.717, 1.165) is 7.11 Å². The molecule has 0 saturated carbocycles. The summed E-state index contributed by atoms with van der Waals surface area (Å²) in [6.07, 6.45) is 0. The Morgan fingerprint density at radius 1 is 1.50 bits per heavy atom. The van der Waals surface area contributed by atoms with Crippen molar-refractivity contribution in [3.8, 4) is 0 Å². The second-order valence-corrected chi connectivity index (χ2v) is 2.79. The lowest BCUT2D eigenvalue weighted by Gasteiger charge is -1.96. The number of hydrogen-bond donors (Lipinski definition) is 0. The molecule has 8 heteroatoms. The van der Waals surface area contributed by atoms with Gasteiger partial charge in [-0.3, -0.25) is 0 Å². The molecule has 0 aliphatic carbocycles. The summed E-state index contributed by atoms with van der Waals surface area (Å²) in [5.41, 5.74) is -0.248. The lowest BCUT2D eigenvalue weighted by Crippen LogP contribution is -2.06. The number of carbonyl (C=O) groups is 1. The van der Waals surface area contributed by atoms with Crippen LogP contribution in [0.25, 0.3) is 4.98 Å². The molecular weight excluding hydrogens is 231 g/mol. The Bertz CT molecular complexity index is 429. The molecule has 0 saturated heterocycles. The molecule has 0 aromatic carbocycles. The number of halogens is 2. The third-order valence-electron chi connectivity index (χ3n) is 1.28. The minimum absolute atomic E-state index is 0.219. The standard InChI is InChI=1S/C6H3Cl2N4O2/c1-14-5(13)3-2(7)4(12-9)11-6(8)10-3/h1H3/q+1. The van der Waals surface area contributed by atoms with Crippen molar-refractivity contribution in [1.82, 2.24) is 9.97 Å². The maximum absolute atomic E-state index is 11.1. The van der Waals surface area contributed by atoms with Crippen molar-refractivity contribution >= 4 is 35.0 Å². The average molecular weight is 234 g/mol. The van der Waals surface area contributed by atoms with Crippen LogP contribution in [0.4, 0.5) is 5.82 Å². The predicted octanol–water partition coefficient (Wildman–Crippen LogP) is 2.05. The Hall–Kier alpha value is -1.45. The molecule has 0 amide bonds. The number of rotatable bonds is 1. The van der Waals surface area contributed by atoms with Gasteiger partial charge >= 0.3 is 17.1 Å². The predicted molar refractivity (Wildman–Crippen MR) is 48.1 cm³/mol. The largest absolute Gasteiger partial charge is 0.488 e. The highest BCUT2D eigenvalue weighted by atomic mass is 35.5. The highest BCUT2D eigenvalue weighted by molar-refractivity contribution is 6.36. The van der Waals surface area contributed by atoms with Crippen LogP contribution in [0.5, 0.6) is 0 Å². The minimum atomic E-state index is -0.788. The van der Waals surface area contributed by atoms with Gasteiger partial charge in [0.15, 0.2) is 10.7 Å². The van der Waals surface area contributed by atoms with Crippen molar-refractivity contribution in [2.75, 3.05) is 7.11 Å². The van der Waals surface area contributed by atoms with Crippen LogP contribution in [0.2, 0.25) is 10.3 Å². The molecule has 14 heavy (non-hydrogen) atoms. The van der Waals surface area contributed by atoms with Crippen molar-refractivity contribution in [3.63, 3.8) is 0 Å². The van der Waals surface area contributed by atoms with E-state index >= 15 is 0 Å². The van der Waals surface area contributed by atoms with Gasteiger partial charge in [0, 0.05) is 9.96 Å². The average Bonchev–Trinajstić information content (AvgIpc) is 2.19. The smallest absolute Gasteiger partial charge is 0.464 e. The lowest BCUT2D eigenvalue weighted by molar-refractivity contribution is 0.0594. The van der Waals surface area contributed by atoms with E-state index in [4.69, 9.17) is 28.6 Å². The third kappa shape index (κ3) is 1.89. The molecule has 1 rings (SSSR count). The van der Waals surface area contributed by atoms with Crippen molar-refractivity contribution in [1.29, 1.82) is 5.39 Å². The number of aromatic nitrogens is 2. The van der Waals surface area contributed by atoms with Crippen LogP contribution in [-0.4, -0.2) is 23.0 Å². The monoisotopic (exact) mass is 233 g/mol. The quantitative estimate of drug-likeness (QED) is 0.422. The van der Waals surface area contributed by atoms with Crippen LogP contribution in [0.1, 0.15) is 10.5 Å². The van der Waals surface area contributed by atoms with Crippen LogP contribution in [-0.2, 0) is 4.74 Å². The number of hydrogen-bond acceptors (Lipinski definition) is 5. The maximum atomic E-state index is 11.1. The van der Waals surface area contributed by atoms with Crippen LogP contribution in [0.15, 0.2) is 0 Å². The zero-order valence-electron chi connectivity index (χ0n) is 6.86. The highest BCUT2D eigenvalue weighted by Gasteiger charge is 2.26. The summed E-state index contributed by atoms with van der Waals surface area (Å²) in [6.45, 7) is 0. The van der Waals surface area contributed by atoms with E-state index in [1.54, 1.807) is 0 Å². The number of diazo groups is 1. The zero-order valence-corrected chi connectivity index (χ0v) is 8.37. The molecule has 1 heterocycles. The summed E-state index contributed by atoms with van der Waals surface area (Å²) >= 11 is 11.1. The number of carbonyl (C=O) groups excluding carboxylic acids is 1. The van der Waals surface area contributed by atoms with Gasteiger partial charge in [0.25, 0.3) is 0 Å².